The first kappa shape index (κ1) is 16.6. The van der Waals surface area contributed by atoms with E-state index in [0.29, 0.717) is 36.2 Å². The lowest BCUT2D eigenvalue weighted by Crippen LogP contribution is -2.19. The monoisotopic (exact) mass is 350 g/mol. The van der Waals surface area contributed by atoms with Crippen LogP contribution in [0.5, 0.6) is 0 Å². The van der Waals surface area contributed by atoms with E-state index in [1.54, 1.807) is 22.3 Å². The van der Waals surface area contributed by atoms with Gasteiger partial charge in [-0.3, -0.25) is 9.13 Å². The highest BCUT2D eigenvalue weighted by Gasteiger charge is 2.11. The van der Waals surface area contributed by atoms with Crippen LogP contribution in [0.15, 0.2) is 43.4 Å². The lowest BCUT2D eigenvalue weighted by Gasteiger charge is -2.05. The van der Waals surface area contributed by atoms with E-state index in [0.717, 1.165) is 11.9 Å². The third kappa shape index (κ3) is 3.46. The fourth-order valence-corrected chi connectivity index (χ4v) is 3.33. The van der Waals surface area contributed by atoms with Gasteiger partial charge in [0, 0.05) is 32.6 Å². The molecule has 0 amide bonds. The Morgan fingerprint density at radius 1 is 1.25 bits per heavy atom. The van der Waals surface area contributed by atoms with Crippen molar-refractivity contribution in [3.8, 4) is 0 Å². The van der Waals surface area contributed by atoms with Gasteiger partial charge in [-0.25, -0.2) is 14.7 Å². The fraction of sp³-hybridized carbons (Fsp3) is 0.400. The zero-order valence-corrected chi connectivity index (χ0v) is 14.0. The van der Waals surface area contributed by atoms with Crippen LogP contribution in [-0.2, 0) is 17.8 Å². The van der Waals surface area contributed by atoms with E-state index < -0.39 is 0 Å². The third-order valence-electron chi connectivity index (χ3n) is 3.57. The van der Waals surface area contributed by atoms with Gasteiger partial charge in [0.25, 0.3) is 0 Å². The first-order chi connectivity index (χ1) is 11.7. The topological polar surface area (TPSA) is 95.0 Å². The Morgan fingerprint density at radius 2 is 2.08 bits per heavy atom. The molecule has 0 atom stereocenters. The van der Waals surface area contributed by atoms with Crippen molar-refractivity contribution in [2.75, 3.05) is 19.5 Å². The van der Waals surface area contributed by atoms with E-state index in [4.69, 9.17) is 9.15 Å². The van der Waals surface area contributed by atoms with Crippen LogP contribution in [0.4, 0.5) is 0 Å². The molecule has 2 heterocycles. The molecule has 128 valence electrons. The van der Waals surface area contributed by atoms with Crippen LogP contribution in [0.2, 0.25) is 0 Å². The number of hydrogen-bond acceptors (Lipinski definition) is 6. The first-order valence-corrected chi connectivity index (χ1v) is 8.54. The number of thioether (sulfide) groups is 1. The number of benzene rings is 1. The maximum atomic E-state index is 11.9. The van der Waals surface area contributed by atoms with Gasteiger partial charge in [-0.15, -0.1) is 5.10 Å². The summed E-state index contributed by atoms with van der Waals surface area (Å²) in [6.45, 7) is 1.60. The van der Waals surface area contributed by atoms with E-state index in [1.807, 2.05) is 18.2 Å². The van der Waals surface area contributed by atoms with E-state index >= 15 is 0 Å². The Balaban J connectivity index is 1.67. The standard InChI is InChI=1S/C15H18N4O4S/c1-22-9-4-7-19-13(20)16-17-14(19)24-10-8-18-11-5-2-3-6-12(11)23-15(18)21/h2-3,5-6H,4,7-10H2,1H3,(H,16,20). The van der Waals surface area contributed by atoms with Crippen molar-refractivity contribution in [2.45, 2.75) is 24.7 Å². The molecule has 3 rings (SSSR count). The van der Waals surface area contributed by atoms with E-state index in [9.17, 15) is 9.59 Å². The van der Waals surface area contributed by atoms with Crippen LogP contribution in [0, 0.1) is 0 Å². The fourth-order valence-electron chi connectivity index (χ4n) is 2.43. The number of nitrogens with zero attached hydrogens (tertiary/aromatic N) is 3. The molecule has 0 unspecified atom stereocenters. The zero-order chi connectivity index (χ0) is 16.9. The van der Waals surface area contributed by atoms with Gasteiger partial charge >= 0.3 is 11.4 Å². The number of ether oxygens (including phenoxy) is 1. The highest BCUT2D eigenvalue weighted by atomic mass is 32.2. The van der Waals surface area contributed by atoms with Gasteiger partial charge in [0.15, 0.2) is 10.7 Å². The Morgan fingerprint density at radius 3 is 2.92 bits per heavy atom. The molecule has 8 nitrogen and oxygen atoms in total. The average Bonchev–Trinajstić information content (AvgIpc) is 3.09. The van der Waals surface area contributed by atoms with Gasteiger partial charge in [-0.2, -0.15) is 0 Å². The molecule has 0 radical (unpaired) electrons. The molecule has 0 fully saturated rings. The number of para-hydroxylation sites is 2. The number of rotatable bonds is 8. The molecule has 0 bridgehead atoms. The van der Waals surface area contributed by atoms with Gasteiger partial charge in [0.05, 0.1) is 5.52 Å². The predicted molar refractivity (Wildman–Crippen MR) is 90.5 cm³/mol. The molecular formula is C15H18N4O4S. The molecule has 0 aliphatic rings. The summed E-state index contributed by atoms with van der Waals surface area (Å²) in [6, 6.07) is 7.30. The van der Waals surface area contributed by atoms with Crippen molar-refractivity contribution in [2.24, 2.45) is 0 Å². The van der Waals surface area contributed by atoms with Crippen LogP contribution in [0.25, 0.3) is 11.1 Å². The molecular weight excluding hydrogens is 332 g/mol. The van der Waals surface area contributed by atoms with Crippen LogP contribution >= 0.6 is 11.8 Å². The smallest absolute Gasteiger partial charge is 0.408 e. The van der Waals surface area contributed by atoms with Crippen molar-refractivity contribution in [3.63, 3.8) is 0 Å². The number of aromatic nitrogens is 4. The van der Waals surface area contributed by atoms with Gasteiger partial charge in [0.2, 0.25) is 0 Å². The number of oxazole rings is 1. The van der Waals surface area contributed by atoms with Crippen LogP contribution in [-0.4, -0.2) is 38.8 Å². The summed E-state index contributed by atoms with van der Waals surface area (Å²) in [5.74, 6) is 0.217. The summed E-state index contributed by atoms with van der Waals surface area (Å²) in [5, 5.41) is 7.10. The highest BCUT2D eigenvalue weighted by Crippen LogP contribution is 2.16. The molecule has 0 saturated heterocycles. The van der Waals surface area contributed by atoms with Crippen molar-refractivity contribution in [1.29, 1.82) is 0 Å². The minimum atomic E-state index is -0.378. The molecule has 9 heteroatoms. The normalized spacial score (nSPS) is 11.4. The molecule has 0 spiro atoms. The summed E-state index contributed by atoms with van der Waals surface area (Å²) < 4.78 is 13.4. The Labute approximate surface area is 141 Å². The van der Waals surface area contributed by atoms with Gasteiger partial charge in [0.1, 0.15) is 0 Å². The molecule has 0 aliphatic carbocycles. The summed E-state index contributed by atoms with van der Waals surface area (Å²) in [6.07, 6.45) is 0.731. The van der Waals surface area contributed by atoms with Gasteiger partial charge in [-0.1, -0.05) is 23.9 Å². The van der Waals surface area contributed by atoms with Crippen molar-refractivity contribution in [3.05, 3.63) is 45.3 Å². The van der Waals surface area contributed by atoms with Crippen molar-refractivity contribution >= 4 is 22.9 Å². The molecule has 3 aromatic rings. The number of fused-ring (bicyclic) bond motifs is 1. The van der Waals surface area contributed by atoms with Gasteiger partial charge < -0.3 is 9.15 Å². The van der Waals surface area contributed by atoms with Crippen molar-refractivity contribution in [1.82, 2.24) is 19.3 Å². The summed E-state index contributed by atoms with van der Waals surface area (Å²) >= 11 is 1.42. The zero-order valence-electron chi connectivity index (χ0n) is 13.2. The lowest BCUT2D eigenvalue weighted by molar-refractivity contribution is 0.189. The first-order valence-electron chi connectivity index (χ1n) is 7.56. The van der Waals surface area contributed by atoms with Crippen LogP contribution in [0.1, 0.15) is 6.42 Å². The number of H-pyrrole nitrogens is 1. The average molecular weight is 350 g/mol. The number of hydrogen-bond donors (Lipinski definition) is 1. The van der Waals surface area contributed by atoms with E-state index in [-0.39, 0.29) is 11.4 Å². The number of nitrogens with one attached hydrogen (secondary N) is 1. The van der Waals surface area contributed by atoms with Gasteiger partial charge in [-0.05, 0) is 18.6 Å². The summed E-state index contributed by atoms with van der Waals surface area (Å²) in [4.78, 5) is 23.7. The molecule has 2 aromatic heterocycles. The second-order valence-corrected chi connectivity index (χ2v) is 6.21. The number of aromatic amines is 1. The summed E-state index contributed by atoms with van der Waals surface area (Å²) in [7, 11) is 1.63. The number of methoxy groups -OCH3 is 1. The Hall–Kier alpha value is -2.26. The van der Waals surface area contributed by atoms with E-state index in [1.165, 1.54) is 11.8 Å². The minimum Gasteiger partial charge on any atom is -0.408 e. The van der Waals surface area contributed by atoms with E-state index in [2.05, 4.69) is 10.2 Å². The molecule has 0 saturated carbocycles. The molecule has 1 aromatic carbocycles. The maximum Gasteiger partial charge on any atom is 0.419 e. The second-order valence-electron chi connectivity index (χ2n) is 5.15. The number of aryl methyl sites for hydroxylation is 1. The van der Waals surface area contributed by atoms with Crippen molar-refractivity contribution < 1.29 is 9.15 Å². The summed E-state index contributed by atoms with van der Waals surface area (Å²) in [5.41, 5.74) is 1.10. The Kier molecular flexibility index (Phi) is 5.21. The van der Waals surface area contributed by atoms with Crippen LogP contribution in [0.3, 0.4) is 0 Å². The largest absolute Gasteiger partial charge is 0.419 e. The third-order valence-corrected chi connectivity index (χ3v) is 4.53. The second kappa shape index (κ2) is 7.54. The minimum absolute atomic E-state index is 0.237. The highest BCUT2D eigenvalue weighted by molar-refractivity contribution is 7.99. The Bertz CT molecular complexity index is 923. The molecule has 1 N–H and O–H groups in total. The lowest BCUT2D eigenvalue weighted by atomic mass is 10.3. The SMILES string of the molecule is COCCCn1c(SCCn2c(=O)oc3ccccc32)n[nH]c1=O. The quantitative estimate of drug-likeness (QED) is 0.486. The maximum absolute atomic E-state index is 11.9. The molecule has 0 aliphatic heterocycles. The molecule has 24 heavy (non-hydrogen) atoms. The predicted octanol–water partition coefficient (Wildman–Crippen LogP) is 1.31. The van der Waals surface area contributed by atoms with Crippen LogP contribution < -0.4 is 11.4 Å².